The molecule has 124 valence electrons. The van der Waals surface area contributed by atoms with Gasteiger partial charge in [0.05, 0.1) is 5.69 Å². The number of nitrogens with one attached hydrogen (secondary N) is 1. The first kappa shape index (κ1) is 14.9. The summed E-state index contributed by atoms with van der Waals surface area (Å²) in [6, 6.07) is 25.5. The molecule has 0 saturated carbocycles. The van der Waals surface area contributed by atoms with Crippen LogP contribution in [0.5, 0.6) is 0 Å². The van der Waals surface area contributed by atoms with E-state index in [4.69, 9.17) is 4.98 Å². The lowest BCUT2D eigenvalue weighted by molar-refractivity contribution is 1.28. The van der Waals surface area contributed by atoms with Crippen molar-refractivity contribution in [2.75, 3.05) is 0 Å². The second-order valence-electron chi connectivity index (χ2n) is 6.63. The maximum atomic E-state index is 4.74. The molecule has 1 N–H and O–H groups in total. The zero-order valence-corrected chi connectivity index (χ0v) is 14.5. The first-order valence-electron chi connectivity index (χ1n) is 8.83. The average Bonchev–Trinajstić information content (AvgIpc) is 3.12. The van der Waals surface area contributed by atoms with Gasteiger partial charge in [-0.15, -0.1) is 0 Å². The Hall–Kier alpha value is -3.39. The zero-order valence-electron chi connectivity index (χ0n) is 14.5. The molecule has 0 atom stereocenters. The molecule has 2 aromatic heterocycles. The number of fused-ring (bicyclic) bond motifs is 2. The molecule has 3 aromatic carbocycles. The number of aryl methyl sites for hydroxylation is 1. The maximum Gasteiger partial charge on any atom is 0.0743 e. The van der Waals surface area contributed by atoms with Crippen LogP contribution in [0.4, 0.5) is 0 Å². The molecule has 0 radical (unpaired) electrons. The van der Waals surface area contributed by atoms with Crippen LogP contribution < -0.4 is 0 Å². The average molecular weight is 334 g/mol. The lowest BCUT2D eigenvalue weighted by Gasteiger charge is -2.14. The highest BCUT2D eigenvalue weighted by atomic mass is 14.7. The third-order valence-corrected chi connectivity index (χ3v) is 5.05. The Morgan fingerprint density at radius 3 is 2.42 bits per heavy atom. The number of benzene rings is 3. The first-order valence-corrected chi connectivity index (χ1v) is 8.83. The van der Waals surface area contributed by atoms with Gasteiger partial charge < -0.3 is 4.98 Å². The summed E-state index contributed by atoms with van der Waals surface area (Å²) >= 11 is 0. The summed E-state index contributed by atoms with van der Waals surface area (Å²) in [4.78, 5) is 8.15. The summed E-state index contributed by atoms with van der Waals surface area (Å²) < 4.78 is 0. The van der Waals surface area contributed by atoms with Crippen LogP contribution in [0.1, 0.15) is 5.56 Å². The van der Waals surface area contributed by atoms with E-state index in [1.807, 2.05) is 12.3 Å². The van der Waals surface area contributed by atoms with Gasteiger partial charge in [0.2, 0.25) is 0 Å². The lowest BCUT2D eigenvalue weighted by atomic mass is 9.90. The molecule has 0 spiro atoms. The second-order valence-corrected chi connectivity index (χ2v) is 6.63. The summed E-state index contributed by atoms with van der Waals surface area (Å²) in [5, 5.41) is 3.70. The monoisotopic (exact) mass is 334 g/mol. The number of aromatic nitrogens is 2. The molecule has 0 unspecified atom stereocenters. The fourth-order valence-electron chi connectivity index (χ4n) is 3.79. The Morgan fingerprint density at radius 1 is 0.731 bits per heavy atom. The van der Waals surface area contributed by atoms with Crippen LogP contribution in [0, 0.1) is 6.92 Å². The van der Waals surface area contributed by atoms with E-state index in [9.17, 15) is 0 Å². The highest BCUT2D eigenvalue weighted by Crippen LogP contribution is 2.40. The molecule has 0 aliphatic carbocycles. The van der Waals surface area contributed by atoms with Crippen molar-refractivity contribution in [1.29, 1.82) is 0 Å². The highest BCUT2D eigenvalue weighted by molar-refractivity contribution is 6.08. The summed E-state index contributed by atoms with van der Waals surface area (Å²) in [6.45, 7) is 2.13. The van der Waals surface area contributed by atoms with Gasteiger partial charge in [-0.1, -0.05) is 60.7 Å². The summed E-state index contributed by atoms with van der Waals surface area (Å²) in [6.07, 6.45) is 3.99. The fraction of sp³-hybridized carbons (Fsp3) is 0.0417. The van der Waals surface area contributed by atoms with Gasteiger partial charge in [-0.25, -0.2) is 0 Å². The number of hydrogen-bond donors (Lipinski definition) is 1. The molecule has 0 saturated heterocycles. The number of hydrogen-bond acceptors (Lipinski definition) is 1. The van der Waals surface area contributed by atoms with E-state index < -0.39 is 0 Å². The van der Waals surface area contributed by atoms with E-state index in [-0.39, 0.29) is 0 Å². The van der Waals surface area contributed by atoms with Gasteiger partial charge >= 0.3 is 0 Å². The van der Waals surface area contributed by atoms with E-state index in [1.54, 1.807) is 0 Å². The number of rotatable bonds is 2. The van der Waals surface area contributed by atoms with E-state index in [1.165, 1.54) is 38.4 Å². The van der Waals surface area contributed by atoms with Crippen LogP contribution >= 0.6 is 0 Å². The number of para-hydroxylation sites is 1. The minimum absolute atomic E-state index is 1.05. The molecule has 5 aromatic rings. The molecule has 2 nitrogen and oxygen atoms in total. The van der Waals surface area contributed by atoms with Crippen LogP contribution in [0.2, 0.25) is 0 Å². The molecular formula is C24H18N2. The van der Waals surface area contributed by atoms with E-state index in [0.29, 0.717) is 0 Å². The number of aromatic amines is 1. The number of nitrogens with zero attached hydrogens (tertiary/aromatic N) is 1. The quantitative estimate of drug-likeness (QED) is 0.400. The topological polar surface area (TPSA) is 28.7 Å². The smallest absolute Gasteiger partial charge is 0.0743 e. The molecule has 0 amide bonds. The van der Waals surface area contributed by atoms with Gasteiger partial charge in [0.25, 0.3) is 0 Å². The predicted molar refractivity (Wildman–Crippen MR) is 109 cm³/mol. The van der Waals surface area contributed by atoms with Gasteiger partial charge in [0, 0.05) is 34.4 Å². The molecule has 0 fully saturated rings. The van der Waals surface area contributed by atoms with Crippen molar-refractivity contribution in [3.8, 4) is 22.4 Å². The Kier molecular flexibility index (Phi) is 3.36. The SMILES string of the molecule is Cc1cccnc1-c1c(-c2c[nH]c3ccccc23)ccc2ccccc12. The van der Waals surface area contributed by atoms with Crippen molar-refractivity contribution in [1.82, 2.24) is 9.97 Å². The van der Waals surface area contributed by atoms with Crippen molar-refractivity contribution >= 4 is 21.7 Å². The van der Waals surface area contributed by atoms with E-state index in [0.717, 1.165) is 11.2 Å². The second kappa shape index (κ2) is 5.85. The molecule has 2 heterocycles. The summed E-state index contributed by atoms with van der Waals surface area (Å²) in [5.74, 6) is 0. The van der Waals surface area contributed by atoms with Crippen molar-refractivity contribution < 1.29 is 0 Å². The van der Waals surface area contributed by atoms with Crippen LogP contribution in [0.25, 0.3) is 44.1 Å². The van der Waals surface area contributed by atoms with E-state index in [2.05, 4.69) is 84.8 Å². The van der Waals surface area contributed by atoms with Crippen LogP contribution in [-0.2, 0) is 0 Å². The van der Waals surface area contributed by atoms with Crippen LogP contribution in [-0.4, -0.2) is 9.97 Å². The van der Waals surface area contributed by atoms with Gasteiger partial charge in [0.1, 0.15) is 0 Å². The summed E-state index contributed by atoms with van der Waals surface area (Å²) in [7, 11) is 0. The normalized spacial score (nSPS) is 11.3. The third-order valence-electron chi connectivity index (χ3n) is 5.05. The first-order chi connectivity index (χ1) is 12.8. The highest BCUT2D eigenvalue weighted by Gasteiger charge is 2.16. The van der Waals surface area contributed by atoms with Crippen molar-refractivity contribution in [3.63, 3.8) is 0 Å². The minimum Gasteiger partial charge on any atom is -0.361 e. The molecule has 0 aliphatic heterocycles. The Bertz CT molecular complexity index is 1250. The number of H-pyrrole nitrogens is 1. The van der Waals surface area contributed by atoms with Crippen LogP contribution in [0.3, 0.4) is 0 Å². The lowest BCUT2D eigenvalue weighted by Crippen LogP contribution is -1.92. The maximum absolute atomic E-state index is 4.74. The fourth-order valence-corrected chi connectivity index (χ4v) is 3.79. The molecule has 0 bridgehead atoms. The number of pyridine rings is 1. The van der Waals surface area contributed by atoms with Gasteiger partial charge in [-0.2, -0.15) is 0 Å². The largest absolute Gasteiger partial charge is 0.361 e. The van der Waals surface area contributed by atoms with Gasteiger partial charge in [-0.05, 0) is 41.0 Å². The van der Waals surface area contributed by atoms with Crippen molar-refractivity contribution in [2.45, 2.75) is 6.92 Å². The van der Waals surface area contributed by atoms with Gasteiger partial charge in [-0.3, -0.25) is 4.98 Å². The molecule has 5 rings (SSSR count). The Labute approximate surface area is 152 Å². The molecule has 26 heavy (non-hydrogen) atoms. The minimum atomic E-state index is 1.05. The predicted octanol–water partition coefficient (Wildman–Crippen LogP) is 6.36. The molecule has 2 heteroatoms. The van der Waals surface area contributed by atoms with E-state index >= 15 is 0 Å². The standard InChI is InChI=1S/C24H18N2/c1-16-7-6-14-25-24(16)23-18-9-3-2-8-17(18)12-13-20(23)21-15-26-22-11-5-4-10-19(21)22/h2-15,26H,1H3. The summed E-state index contributed by atoms with van der Waals surface area (Å²) in [5.41, 5.74) is 7.01. The van der Waals surface area contributed by atoms with Crippen LogP contribution in [0.15, 0.2) is 85.2 Å². The Morgan fingerprint density at radius 2 is 1.54 bits per heavy atom. The van der Waals surface area contributed by atoms with Crippen molar-refractivity contribution in [3.05, 3.63) is 90.8 Å². The van der Waals surface area contributed by atoms with Gasteiger partial charge in [0.15, 0.2) is 0 Å². The van der Waals surface area contributed by atoms with Crippen molar-refractivity contribution in [2.24, 2.45) is 0 Å². The molecule has 0 aliphatic rings. The zero-order chi connectivity index (χ0) is 17.5. The third kappa shape index (κ3) is 2.23. The molecular weight excluding hydrogens is 316 g/mol. The Balaban J connectivity index is 1.92.